The molecule has 0 saturated carbocycles. The lowest BCUT2D eigenvalue weighted by atomic mass is 9.90. The summed E-state index contributed by atoms with van der Waals surface area (Å²) in [6.45, 7) is 3.84. The standard InChI is InChI=1S/C21H24N2O3/c1-14-7-10-19(11-15(14)2)26-13-20(24)22-23-21(25)18-9-8-16-5-3-4-6-17(16)12-18/h7-12H,3-6,13H2,1-2H3,(H,22,24)(H,23,25). The van der Waals surface area contributed by atoms with E-state index in [-0.39, 0.29) is 12.5 Å². The van der Waals surface area contributed by atoms with Gasteiger partial charge in [0, 0.05) is 5.56 Å². The smallest absolute Gasteiger partial charge is 0.276 e. The first-order valence-corrected chi connectivity index (χ1v) is 8.94. The van der Waals surface area contributed by atoms with Gasteiger partial charge in [-0.15, -0.1) is 0 Å². The summed E-state index contributed by atoms with van der Waals surface area (Å²) >= 11 is 0. The molecule has 0 heterocycles. The van der Waals surface area contributed by atoms with E-state index in [1.54, 1.807) is 6.07 Å². The number of fused-ring (bicyclic) bond motifs is 1. The van der Waals surface area contributed by atoms with Crippen LogP contribution >= 0.6 is 0 Å². The highest BCUT2D eigenvalue weighted by Gasteiger charge is 2.13. The van der Waals surface area contributed by atoms with E-state index in [4.69, 9.17) is 4.74 Å². The summed E-state index contributed by atoms with van der Waals surface area (Å²) in [7, 11) is 0. The molecule has 1 aliphatic rings. The molecule has 0 radical (unpaired) electrons. The van der Waals surface area contributed by atoms with E-state index >= 15 is 0 Å². The lowest BCUT2D eigenvalue weighted by Crippen LogP contribution is -2.43. The topological polar surface area (TPSA) is 67.4 Å². The first-order valence-electron chi connectivity index (χ1n) is 8.94. The van der Waals surface area contributed by atoms with Crippen LogP contribution in [0.25, 0.3) is 0 Å². The van der Waals surface area contributed by atoms with Crippen molar-refractivity contribution in [2.45, 2.75) is 39.5 Å². The predicted octanol–water partition coefficient (Wildman–Crippen LogP) is 3.02. The van der Waals surface area contributed by atoms with Gasteiger partial charge < -0.3 is 4.74 Å². The molecule has 136 valence electrons. The van der Waals surface area contributed by atoms with Crippen LogP contribution in [-0.4, -0.2) is 18.4 Å². The Labute approximate surface area is 153 Å². The first kappa shape index (κ1) is 18.0. The molecular weight excluding hydrogens is 328 g/mol. The third-order valence-corrected chi connectivity index (χ3v) is 4.77. The lowest BCUT2D eigenvalue weighted by molar-refractivity contribution is -0.123. The fraction of sp³-hybridized carbons (Fsp3) is 0.333. The molecule has 0 aliphatic heterocycles. The van der Waals surface area contributed by atoms with E-state index in [0.29, 0.717) is 11.3 Å². The predicted molar refractivity (Wildman–Crippen MR) is 100 cm³/mol. The third-order valence-electron chi connectivity index (χ3n) is 4.77. The number of benzene rings is 2. The summed E-state index contributed by atoms with van der Waals surface area (Å²) in [6.07, 6.45) is 4.44. The molecule has 5 heteroatoms. The van der Waals surface area contributed by atoms with E-state index in [9.17, 15) is 9.59 Å². The highest BCUT2D eigenvalue weighted by molar-refractivity contribution is 5.95. The van der Waals surface area contributed by atoms with Crippen molar-refractivity contribution in [3.63, 3.8) is 0 Å². The highest BCUT2D eigenvalue weighted by Crippen LogP contribution is 2.22. The van der Waals surface area contributed by atoms with Crippen LogP contribution in [0.5, 0.6) is 5.75 Å². The fourth-order valence-electron chi connectivity index (χ4n) is 3.06. The molecule has 2 N–H and O–H groups in total. The lowest BCUT2D eigenvalue weighted by Gasteiger charge is -2.16. The van der Waals surface area contributed by atoms with Crippen LogP contribution in [0.4, 0.5) is 0 Å². The monoisotopic (exact) mass is 352 g/mol. The number of ether oxygens (including phenoxy) is 1. The summed E-state index contributed by atoms with van der Waals surface area (Å²) in [5.41, 5.74) is 10.2. The highest BCUT2D eigenvalue weighted by atomic mass is 16.5. The molecule has 1 aliphatic carbocycles. The van der Waals surface area contributed by atoms with Crippen LogP contribution in [-0.2, 0) is 17.6 Å². The maximum absolute atomic E-state index is 12.2. The Kier molecular flexibility index (Phi) is 5.56. The molecule has 2 aromatic rings. The number of nitrogens with one attached hydrogen (secondary N) is 2. The average molecular weight is 352 g/mol. The quantitative estimate of drug-likeness (QED) is 0.831. The number of hydrogen-bond acceptors (Lipinski definition) is 3. The maximum atomic E-state index is 12.2. The van der Waals surface area contributed by atoms with Crippen LogP contribution in [0.1, 0.15) is 45.5 Å². The van der Waals surface area contributed by atoms with Gasteiger partial charge in [-0.2, -0.15) is 0 Å². The Balaban J connectivity index is 1.49. The van der Waals surface area contributed by atoms with Crippen molar-refractivity contribution in [2.75, 3.05) is 6.61 Å². The van der Waals surface area contributed by atoms with E-state index in [2.05, 4.69) is 10.9 Å². The van der Waals surface area contributed by atoms with Gasteiger partial charge in [0.15, 0.2) is 6.61 Å². The number of aryl methyl sites for hydroxylation is 4. The van der Waals surface area contributed by atoms with E-state index in [0.717, 1.165) is 24.8 Å². The van der Waals surface area contributed by atoms with Crippen LogP contribution in [0, 0.1) is 13.8 Å². The Morgan fingerprint density at radius 2 is 1.69 bits per heavy atom. The van der Waals surface area contributed by atoms with Crippen molar-refractivity contribution in [1.29, 1.82) is 0 Å². The molecular formula is C21H24N2O3. The van der Waals surface area contributed by atoms with Crippen LogP contribution in [0.2, 0.25) is 0 Å². The molecule has 2 aromatic carbocycles. The molecule has 5 nitrogen and oxygen atoms in total. The van der Waals surface area contributed by atoms with Crippen LogP contribution in [0.3, 0.4) is 0 Å². The minimum Gasteiger partial charge on any atom is -0.484 e. The van der Waals surface area contributed by atoms with Crippen molar-refractivity contribution in [3.8, 4) is 5.75 Å². The number of carbonyl (C=O) groups is 2. The number of amides is 2. The maximum Gasteiger partial charge on any atom is 0.276 e. The number of hydrazine groups is 1. The summed E-state index contributed by atoms with van der Waals surface area (Å²) in [5, 5.41) is 0. The van der Waals surface area contributed by atoms with Crippen molar-refractivity contribution in [3.05, 3.63) is 64.2 Å². The van der Waals surface area contributed by atoms with Crippen molar-refractivity contribution < 1.29 is 14.3 Å². The Morgan fingerprint density at radius 3 is 2.46 bits per heavy atom. The zero-order chi connectivity index (χ0) is 18.5. The second-order valence-corrected chi connectivity index (χ2v) is 6.73. The summed E-state index contributed by atoms with van der Waals surface area (Å²) in [6, 6.07) is 11.4. The fourth-order valence-corrected chi connectivity index (χ4v) is 3.06. The van der Waals surface area contributed by atoms with Gasteiger partial charge in [0.2, 0.25) is 0 Å². The normalized spacial score (nSPS) is 12.8. The van der Waals surface area contributed by atoms with Gasteiger partial charge in [-0.1, -0.05) is 12.1 Å². The minimum absolute atomic E-state index is 0.160. The van der Waals surface area contributed by atoms with Gasteiger partial charge in [-0.25, -0.2) is 0 Å². The Hall–Kier alpha value is -2.82. The molecule has 0 atom stereocenters. The van der Waals surface area contributed by atoms with Crippen LogP contribution in [0.15, 0.2) is 36.4 Å². The molecule has 0 fully saturated rings. The molecule has 0 bridgehead atoms. The average Bonchev–Trinajstić information content (AvgIpc) is 2.66. The first-order chi connectivity index (χ1) is 12.5. The summed E-state index contributed by atoms with van der Waals surface area (Å²) in [4.78, 5) is 24.1. The van der Waals surface area contributed by atoms with Crippen molar-refractivity contribution in [1.82, 2.24) is 10.9 Å². The molecule has 26 heavy (non-hydrogen) atoms. The zero-order valence-corrected chi connectivity index (χ0v) is 15.2. The zero-order valence-electron chi connectivity index (χ0n) is 15.2. The second kappa shape index (κ2) is 8.04. The molecule has 0 aromatic heterocycles. The molecule has 0 saturated heterocycles. The van der Waals surface area contributed by atoms with Crippen molar-refractivity contribution >= 4 is 11.8 Å². The SMILES string of the molecule is Cc1ccc(OCC(=O)NNC(=O)c2ccc3c(c2)CCCC3)cc1C. The van der Waals surface area contributed by atoms with Crippen LogP contribution < -0.4 is 15.6 Å². The van der Waals surface area contributed by atoms with Gasteiger partial charge in [0.05, 0.1) is 0 Å². The van der Waals surface area contributed by atoms with E-state index < -0.39 is 5.91 Å². The van der Waals surface area contributed by atoms with Gasteiger partial charge >= 0.3 is 0 Å². The number of rotatable bonds is 4. The van der Waals surface area contributed by atoms with E-state index in [1.165, 1.54) is 23.1 Å². The molecule has 3 rings (SSSR count). The van der Waals surface area contributed by atoms with Gasteiger partial charge in [-0.3, -0.25) is 20.4 Å². The summed E-state index contributed by atoms with van der Waals surface area (Å²) < 4.78 is 5.45. The third kappa shape index (κ3) is 4.42. The van der Waals surface area contributed by atoms with Gasteiger partial charge in [0.25, 0.3) is 11.8 Å². The van der Waals surface area contributed by atoms with Gasteiger partial charge in [-0.05, 0) is 86.1 Å². The Morgan fingerprint density at radius 1 is 0.923 bits per heavy atom. The molecule has 0 spiro atoms. The molecule has 0 unspecified atom stereocenters. The molecule has 2 amide bonds. The van der Waals surface area contributed by atoms with Crippen molar-refractivity contribution in [2.24, 2.45) is 0 Å². The largest absolute Gasteiger partial charge is 0.484 e. The Bertz CT molecular complexity index is 830. The number of hydrogen-bond donors (Lipinski definition) is 2. The minimum atomic E-state index is -0.408. The summed E-state index contributed by atoms with van der Waals surface area (Å²) in [5.74, 6) is -0.100. The second-order valence-electron chi connectivity index (χ2n) is 6.73. The van der Waals surface area contributed by atoms with E-state index in [1.807, 2.05) is 44.2 Å². The van der Waals surface area contributed by atoms with Gasteiger partial charge in [0.1, 0.15) is 5.75 Å². The number of carbonyl (C=O) groups excluding carboxylic acids is 2.